The van der Waals surface area contributed by atoms with E-state index in [2.05, 4.69) is 39.8 Å². The van der Waals surface area contributed by atoms with Crippen LogP contribution in [0.15, 0.2) is 12.2 Å². The molecule has 0 N–H and O–H groups in total. The average Bonchev–Trinajstić information content (AvgIpc) is 2.08. The standard InChI is InChI=1S/C10H22Ge/c1-5-9-10-11(6-2,7-3)8-4/h5,9H,6-8,10H2,1-4H3/b9-5-. The van der Waals surface area contributed by atoms with E-state index < -0.39 is 13.3 Å². The maximum absolute atomic E-state index is 2.39. The number of hydrogen-bond acceptors (Lipinski definition) is 0. The van der Waals surface area contributed by atoms with Crippen molar-refractivity contribution in [2.24, 2.45) is 0 Å². The van der Waals surface area contributed by atoms with Gasteiger partial charge in [0.15, 0.2) is 0 Å². The fourth-order valence-corrected chi connectivity index (χ4v) is 8.06. The molecule has 0 saturated heterocycles. The third-order valence-electron chi connectivity index (χ3n) is 3.04. The topological polar surface area (TPSA) is 0 Å². The molecule has 0 aliphatic rings. The molecular weight excluding hydrogens is 193 g/mol. The molecule has 0 aromatic rings. The van der Waals surface area contributed by atoms with Crippen LogP contribution in [0.2, 0.25) is 21.0 Å². The molecule has 0 heterocycles. The Kier molecular flexibility index (Phi) is 6.02. The number of allylic oxidation sites excluding steroid dienone is 2. The van der Waals surface area contributed by atoms with Crippen LogP contribution in [-0.2, 0) is 0 Å². The summed E-state index contributed by atoms with van der Waals surface area (Å²) < 4.78 is 0. The summed E-state index contributed by atoms with van der Waals surface area (Å²) in [5.74, 6) is 0. The van der Waals surface area contributed by atoms with Crippen molar-refractivity contribution in [1.29, 1.82) is 0 Å². The van der Waals surface area contributed by atoms with Crippen LogP contribution in [0.3, 0.4) is 0 Å². The molecule has 0 amide bonds. The van der Waals surface area contributed by atoms with Gasteiger partial charge in [-0.25, -0.2) is 0 Å². The van der Waals surface area contributed by atoms with E-state index in [9.17, 15) is 0 Å². The number of rotatable bonds is 5. The molecule has 11 heavy (non-hydrogen) atoms. The summed E-state index contributed by atoms with van der Waals surface area (Å²) in [5, 5.41) is 5.94. The second-order valence-corrected chi connectivity index (χ2v) is 14.9. The molecule has 0 atom stereocenters. The van der Waals surface area contributed by atoms with Gasteiger partial charge < -0.3 is 0 Å². The van der Waals surface area contributed by atoms with Crippen LogP contribution in [0.5, 0.6) is 0 Å². The van der Waals surface area contributed by atoms with Gasteiger partial charge in [-0.3, -0.25) is 0 Å². The van der Waals surface area contributed by atoms with E-state index in [1.807, 2.05) is 0 Å². The van der Waals surface area contributed by atoms with Gasteiger partial charge in [0.05, 0.1) is 0 Å². The van der Waals surface area contributed by atoms with Crippen LogP contribution >= 0.6 is 0 Å². The Bertz CT molecular complexity index is 104. The number of hydrogen-bond donors (Lipinski definition) is 0. The van der Waals surface area contributed by atoms with Crippen LogP contribution in [0.4, 0.5) is 0 Å². The quantitative estimate of drug-likeness (QED) is 0.478. The van der Waals surface area contributed by atoms with E-state index in [1.54, 1.807) is 0 Å². The summed E-state index contributed by atoms with van der Waals surface area (Å²) in [6.07, 6.45) is 4.59. The van der Waals surface area contributed by atoms with Crippen LogP contribution in [-0.4, -0.2) is 13.3 Å². The SMILES string of the molecule is C/C=C\[CH2][Ge]([CH2]C)([CH2]C)[CH2]C. The van der Waals surface area contributed by atoms with E-state index in [-0.39, 0.29) is 0 Å². The monoisotopic (exact) mass is 216 g/mol. The molecular formula is C10H22Ge. The zero-order valence-electron chi connectivity index (χ0n) is 8.48. The van der Waals surface area contributed by atoms with Crippen LogP contribution < -0.4 is 0 Å². The molecule has 0 aromatic heterocycles. The Morgan fingerprint density at radius 3 is 1.73 bits per heavy atom. The van der Waals surface area contributed by atoms with E-state index in [1.165, 1.54) is 21.0 Å². The zero-order chi connectivity index (χ0) is 8.74. The van der Waals surface area contributed by atoms with E-state index in [0.29, 0.717) is 0 Å². The van der Waals surface area contributed by atoms with Gasteiger partial charge >= 0.3 is 74.1 Å². The first-order valence-electron chi connectivity index (χ1n) is 4.85. The predicted octanol–water partition coefficient (Wildman–Crippen LogP) is 4.07. The minimum absolute atomic E-state index is 1.32. The van der Waals surface area contributed by atoms with Gasteiger partial charge in [-0.1, -0.05) is 0 Å². The van der Waals surface area contributed by atoms with E-state index in [0.717, 1.165) is 0 Å². The first kappa shape index (κ1) is 11.3. The van der Waals surface area contributed by atoms with Crippen molar-refractivity contribution in [3.63, 3.8) is 0 Å². The molecule has 0 spiro atoms. The maximum atomic E-state index is 2.39. The molecule has 0 bridgehead atoms. The van der Waals surface area contributed by atoms with Crippen LogP contribution in [0.1, 0.15) is 27.7 Å². The van der Waals surface area contributed by atoms with E-state index >= 15 is 0 Å². The molecule has 0 fully saturated rings. The molecule has 0 radical (unpaired) electrons. The summed E-state index contributed by atoms with van der Waals surface area (Å²) in [5.41, 5.74) is 0. The average molecular weight is 215 g/mol. The Hall–Kier alpha value is 0.283. The fraction of sp³-hybridized carbons (Fsp3) is 0.800. The van der Waals surface area contributed by atoms with Crippen molar-refractivity contribution in [3.8, 4) is 0 Å². The molecule has 0 aromatic carbocycles. The Morgan fingerprint density at radius 2 is 1.45 bits per heavy atom. The second kappa shape index (κ2) is 5.87. The summed E-state index contributed by atoms with van der Waals surface area (Å²) in [6, 6.07) is 0. The van der Waals surface area contributed by atoms with Crippen LogP contribution in [0.25, 0.3) is 0 Å². The van der Waals surface area contributed by atoms with Gasteiger partial charge in [0.1, 0.15) is 0 Å². The molecule has 0 aliphatic heterocycles. The first-order valence-corrected chi connectivity index (χ1v) is 10.8. The van der Waals surface area contributed by atoms with Crippen molar-refractivity contribution < 1.29 is 0 Å². The van der Waals surface area contributed by atoms with Gasteiger partial charge in [-0.15, -0.1) is 0 Å². The van der Waals surface area contributed by atoms with Crippen molar-refractivity contribution in [1.82, 2.24) is 0 Å². The molecule has 1 heteroatoms. The first-order chi connectivity index (χ1) is 5.24. The zero-order valence-corrected chi connectivity index (χ0v) is 10.6. The molecule has 0 aliphatic carbocycles. The van der Waals surface area contributed by atoms with Crippen molar-refractivity contribution >= 4 is 13.3 Å². The third-order valence-corrected chi connectivity index (χ3v) is 14.8. The van der Waals surface area contributed by atoms with Gasteiger partial charge in [0.2, 0.25) is 0 Å². The van der Waals surface area contributed by atoms with Crippen molar-refractivity contribution in [2.45, 2.75) is 48.7 Å². The normalized spacial score (nSPS) is 12.7. The summed E-state index contributed by atoms with van der Waals surface area (Å²) in [7, 11) is 0. The van der Waals surface area contributed by atoms with Gasteiger partial charge in [-0.2, -0.15) is 0 Å². The van der Waals surface area contributed by atoms with Gasteiger partial charge in [0, 0.05) is 0 Å². The van der Waals surface area contributed by atoms with E-state index in [4.69, 9.17) is 0 Å². The van der Waals surface area contributed by atoms with Crippen molar-refractivity contribution in [2.75, 3.05) is 0 Å². The molecule has 0 unspecified atom stereocenters. The predicted molar refractivity (Wildman–Crippen MR) is 56.8 cm³/mol. The van der Waals surface area contributed by atoms with Gasteiger partial charge in [0.25, 0.3) is 0 Å². The second-order valence-electron chi connectivity index (χ2n) is 3.33. The summed E-state index contributed by atoms with van der Waals surface area (Å²) in [4.78, 5) is 0. The summed E-state index contributed by atoms with van der Waals surface area (Å²) >= 11 is -1.32. The van der Waals surface area contributed by atoms with Gasteiger partial charge in [-0.05, 0) is 0 Å². The van der Waals surface area contributed by atoms with Crippen molar-refractivity contribution in [3.05, 3.63) is 12.2 Å². The molecule has 0 saturated carbocycles. The fourth-order valence-electron chi connectivity index (χ4n) is 1.55. The minimum atomic E-state index is -1.32. The Labute approximate surface area is 74.4 Å². The molecule has 66 valence electrons. The molecule has 0 rings (SSSR count). The molecule has 0 nitrogen and oxygen atoms in total. The Balaban J connectivity index is 4.04. The Morgan fingerprint density at radius 1 is 1.00 bits per heavy atom. The third kappa shape index (κ3) is 3.46. The van der Waals surface area contributed by atoms with Crippen LogP contribution in [0, 0.1) is 0 Å². The summed E-state index contributed by atoms with van der Waals surface area (Å²) in [6.45, 7) is 9.29.